The summed E-state index contributed by atoms with van der Waals surface area (Å²) in [6, 6.07) is 93.1. The Morgan fingerprint density at radius 1 is 0.254 bits per heavy atom. The molecule has 0 amide bonds. The largest absolute Gasteiger partial charge is 0.306 e. The predicted octanol–water partition coefficient (Wildman–Crippen LogP) is 16.9. The van der Waals surface area contributed by atoms with Crippen LogP contribution in [-0.2, 0) is 0 Å². The van der Waals surface area contributed by atoms with E-state index in [0.29, 0.717) is 5.82 Å². The Balaban J connectivity index is 1.05. The Bertz CT molecular complexity index is 3620. The molecule has 0 fully saturated rings. The summed E-state index contributed by atoms with van der Waals surface area (Å²) in [4.78, 5) is 11.1. The molecule has 0 aliphatic rings. The summed E-state index contributed by atoms with van der Waals surface area (Å²) >= 11 is 0. The zero-order valence-corrected chi connectivity index (χ0v) is 36.7. The van der Waals surface area contributed by atoms with Crippen molar-refractivity contribution < 1.29 is 0 Å². The lowest BCUT2D eigenvalue weighted by molar-refractivity contribution is 1.15. The minimum absolute atomic E-state index is 0.674. The smallest absolute Gasteiger partial charge is 0.160 e. The van der Waals surface area contributed by atoms with E-state index in [4.69, 9.17) is 9.97 Å². The van der Waals surface area contributed by atoms with Gasteiger partial charge in [-0.2, -0.15) is 0 Å². The lowest BCUT2D eigenvalue weighted by Gasteiger charge is -2.15. The van der Waals surface area contributed by atoms with Crippen molar-refractivity contribution in [2.75, 3.05) is 0 Å². The van der Waals surface area contributed by atoms with Crippen molar-refractivity contribution in [3.8, 4) is 95.1 Å². The van der Waals surface area contributed by atoms with Gasteiger partial charge < -0.3 is 4.57 Å². The van der Waals surface area contributed by atoms with Gasteiger partial charge in [-0.25, -0.2) is 9.97 Å². The molecule has 0 atom stereocenters. The van der Waals surface area contributed by atoms with Gasteiger partial charge in [0.1, 0.15) is 5.52 Å². The zero-order chi connectivity index (χ0) is 44.5. The molecule has 0 aliphatic carbocycles. The maximum absolute atomic E-state index is 5.57. The van der Waals surface area contributed by atoms with Crippen LogP contribution in [0.1, 0.15) is 0 Å². The third-order valence-electron chi connectivity index (χ3n) is 12.8. The van der Waals surface area contributed by atoms with E-state index in [9.17, 15) is 0 Å². The van der Waals surface area contributed by atoms with Gasteiger partial charge in [0.2, 0.25) is 0 Å². The average molecular weight is 854 g/mol. The van der Waals surface area contributed by atoms with E-state index in [-0.39, 0.29) is 0 Å². The van der Waals surface area contributed by atoms with E-state index in [2.05, 4.69) is 265 Å². The summed E-state index contributed by atoms with van der Waals surface area (Å²) in [6.07, 6.45) is 0. The monoisotopic (exact) mass is 853 g/mol. The van der Waals surface area contributed by atoms with Crippen LogP contribution in [0, 0.1) is 0 Å². The molecule has 0 spiro atoms. The van der Waals surface area contributed by atoms with Crippen LogP contribution in [0.5, 0.6) is 0 Å². The molecule has 0 bridgehead atoms. The van der Waals surface area contributed by atoms with Crippen LogP contribution in [0.4, 0.5) is 0 Å². The van der Waals surface area contributed by atoms with Crippen molar-refractivity contribution in [3.05, 3.63) is 261 Å². The number of hydrogen-bond acceptors (Lipinski definition) is 2. The van der Waals surface area contributed by atoms with Gasteiger partial charge in [0, 0.05) is 22.2 Å². The Kier molecular flexibility index (Phi) is 10.2. The van der Waals surface area contributed by atoms with Crippen molar-refractivity contribution in [1.29, 1.82) is 0 Å². The fourth-order valence-electron chi connectivity index (χ4n) is 9.48. The Hall–Kier alpha value is -8.92. The molecule has 12 rings (SSSR count). The number of nitrogens with zero attached hydrogens (tertiary/aromatic N) is 3. The van der Waals surface area contributed by atoms with Crippen molar-refractivity contribution in [2.24, 2.45) is 0 Å². The summed E-state index contributed by atoms with van der Waals surface area (Å²) in [5.74, 6) is 0.674. The molecular formula is C64H43N3. The van der Waals surface area contributed by atoms with Crippen LogP contribution in [0.15, 0.2) is 261 Å². The second kappa shape index (κ2) is 17.2. The van der Waals surface area contributed by atoms with E-state index >= 15 is 0 Å². The Morgan fingerprint density at radius 3 is 1.09 bits per heavy atom. The van der Waals surface area contributed by atoms with Crippen LogP contribution in [0.25, 0.3) is 117 Å². The third-order valence-corrected chi connectivity index (χ3v) is 12.8. The summed E-state index contributed by atoms with van der Waals surface area (Å²) in [5.41, 5.74) is 20.7. The molecule has 0 saturated heterocycles. The van der Waals surface area contributed by atoms with Gasteiger partial charge in [0.05, 0.1) is 16.7 Å². The number of hydrogen-bond donors (Lipinski definition) is 0. The fraction of sp³-hybridized carbons (Fsp3) is 0. The molecule has 314 valence electrons. The fourth-order valence-corrected chi connectivity index (χ4v) is 9.48. The topological polar surface area (TPSA) is 30.7 Å². The van der Waals surface area contributed by atoms with Crippen molar-refractivity contribution in [2.45, 2.75) is 0 Å². The van der Waals surface area contributed by atoms with Gasteiger partial charge in [-0.15, -0.1) is 0 Å². The number of benzene rings is 10. The van der Waals surface area contributed by atoms with E-state index < -0.39 is 0 Å². The quantitative estimate of drug-likeness (QED) is 0.145. The summed E-state index contributed by atoms with van der Waals surface area (Å²) < 4.78 is 2.32. The second-order valence-electron chi connectivity index (χ2n) is 17.0. The predicted molar refractivity (Wildman–Crippen MR) is 280 cm³/mol. The lowest BCUT2D eigenvalue weighted by atomic mass is 9.91. The van der Waals surface area contributed by atoms with E-state index in [1.165, 1.54) is 22.3 Å². The Morgan fingerprint density at radius 2 is 0.597 bits per heavy atom. The van der Waals surface area contributed by atoms with Gasteiger partial charge in [-0.1, -0.05) is 200 Å². The highest BCUT2D eigenvalue weighted by Crippen LogP contribution is 2.41. The highest BCUT2D eigenvalue weighted by molar-refractivity contribution is 6.11. The minimum Gasteiger partial charge on any atom is -0.306 e. The number of aromatic nitrogens is 3. The molecule has 0 radical (unpaired) electrons. The summed E-state index contributed by atoms with van der Waals surface area (Å²) in [7, 11) is 0. The van der Waals surface area contributed by atoms with Crippen LogP contribution in [-0.4, -0.2) is 14.5 Å². The molecule has 3 heteroatoms. The molecule has 0 N–H and O–H groups in total. The SMILES string of the molecule is c1ccc(-c2cccc(-c3cc(-c4cccc(-c5ccccc5)c4)cc(-c4cccc(-c5nc(-c6cccc(-c7ccccc7)c6)c6c(n5)c5ccccc5n6-c5ccccc5)c4)c3)c2)cc1. The molecule has 0 saturated carbocycles. The van der Waals surface area contributed by atoms with E-state index in [1.54, 1.807) is 0 Å². The molecule has 3 nitrogen and oxygen atoms in total. The molecule has 67 heavy (non-hydrogen) atoms. The number of rotatable bonds is 9. The standard InChI is InChI=1S/C64H43N3/c1-5-19-44(20-6-1)47-25-15-28-50(37-47)55-41-56(51-29-16-26-48(38-51)45-21-7-2-8-22-45)43-57(42-55)52-30-18-32-54(40-52)64-65-61(53-31-17-27-49(39-53)46-23-9-3-10-24-46)63-62(66-64)59-35-13-14-36-60(59)67(63)58-33-11-4-12-34-58/h1-43H. The van der Waals surface area contributed by atoms with Crippen LogP contribution in [0.2, 0.25) is 0 Å². The van der Waals surface area contributed by atoms with Gasteiger partial charge >= 0.3 is 0 Å². The van der Waals surface area contributed by atoms with Crippen molar-refractivity contribution in [1.82, 2.24) is 14.5 Å². The first-order valence-electron chi connectivity index (χ1n) is 22.8. The first kappa shape index (κ1) is 39.7. The van der Waals surface area contributed by atoms with Crippen molar-refractivity contribution in [3.63, 3.8) is 0 Å². The maximum Gasteiger partial charge on any atom is 0.160 e. The summed E-state index contributed by atoms with van der Waals surface area (Å²) in [6.45, 7) is 0. The lowest BCUT2D eigenvalue weighted by Crippen LogP contribution is -2.00. The van der Waals surface area contributed by atoms with Crippen LogP contribution in [0.3, 0.4) is 0 Å². The normalized spacial score (nSPS) is 11.3. The first-order valence-corrected chi connectivity index (χ1v) is 22.8. The minimum atomic E-state index is 0.674. The van der Waals surface area contributed by atoms with Gasteiger partial charge in [0.15, 0.2) is 5.82 Å². The molecule has 0 unspecified atom stereocenters. The molecule has 2 aromatic heterocycles. The van der Waals surface area contributed by atoms with E-state index in [0.717, 1.165) is 89.0 Å². The van der Waals surface area contributed by atoms with Crippen molar-refractivity contribution >= 4 is 21.9 Å². The molecule has 0 aliphatic heterocycles. The molecule has 2 heterocycles. The Labute approximate surface area is 390 Å². The molecule has 10 aromatic carbocycles. The molecule has 12 aromatic rings. The zero-order valence-electron chi connectivity index (χ0n) is 36.7. The van der Waals surface area contributed by atoms with Gasteiger partial charge in [0.25, 0.3) is 0 Å². The highest BCUT2D eigenvalue weighted by atomic mass is 15.0. The average Bonchev–Trinajstić information content (AvgIpc) is 3.76. The summed E-state index contributed by atoms with van der Waals surface area (Å²) in [5, 5.41) is 1.08. The van der Waals surface area contributed by atoms with Crippen LogP contribution >= 0.6 is 0 Å². The highest BCUT2D eigenvalue weighted by Gasteiger charge is 2.22. The first-order chi connectivity index (χ1) is 33.2. The number of para-hydroxylation sites is 2. The number of fused-ring (bicyclic) bond motifs is 3. The molecular weight excluding hydrogens is 811 g/mol. The van der Waals surface area contributed by atoms with Gasteiger partial charge in [-0.05, 0) is 127 Å². The second-order valence-corrected chi connectivity index (χ2v) is 17.0. The van der Waals surface area contributed by atoms with Gasteiger partial charge in [-0.3, -0.25) is 0 Å². The van der Waals surface area contributed by atoms with E-state index in [1.807, 2.05) is 0 Å². The maximum atomic E-state index is 5.57. The third kappa shape index (κ3) is 7.69. The van der Waals surface area contributed by atoms with Crippen LogP contribution < -0.4 is 0 Å².